The van der Waals surface area contributed by atoms with Gasteiger partial charge in [0.25, 0.3) is 5.91 Å². The number of fused-ring (bicyclic) bond motifs is 1. The molecular formula is C19H19N3O. The molecule has 0 N–H and O–H groups in total. The lowest BCUT2D eigenvalue weighted by atomic mass is 10.1. The summed E-state index contributed by atoms with van der Waals surface area (Å²) in [6, 6.07) is 13.8. The summed E-state index contributed by atoms with van der Waals surface area (Å²) in [6.07, 6.45) is 3.45. The summed E-state index contributed by atoms with van der Waals surface area (Å²) >= 11 is 0. The summed E-state index contributed by atoms with van der Waals surface area (Å²) in [5.41, 5.74) is 3.37. The number of hydrogen-bond acceptors (Lipinski definition) is 3. The van der Waals surface area contributed by atoms with Crippen LogP contribution in [0.25, 0.3) is 10.9 Å². The molecule has 0 fully saturated rings. The Hall–Kier alpha value is -2.75. The van der Waals surface area contributed by atoms with Crippen LogP contribution in [0.3, 0.4) is 0 Å². The molecule has 4 nitrogen and oxygen atoms in total. The van der Waals surface area contributed by atoms with Gasteiger partial charge in [-0.3, -0.25) is 14.8 Å². The Labute approximate surface area is 135 Å². The zero-order valence-corrected chi connectivity index (χ0v) is 13.4. The van der Waals surface area contributed by atoms with Crippen LogP contribution in [0.5, 0.6) is 0 Å². The lowest BCUT2D eigenvalue weighted by Crippen LogP contribution is -2.31. The van der Waals surface area contributed by atoms with Gasteiger partial charge < -0.3 is 4.90 Å². The van der Waals surface area contributed by atoms with Crippen LogP contribution in [0.15, 0.2) is 54.9 Å². The van der Waals surface area contributed by atoms with Crippen molar-refractivity contribution in [1.82, 2.24) is 14.9 Å². The SMILES string of the molecule is CCN(Cc1ccccc1)C(=O)c1cc2cnccc2nc1C. The molecule has 0 saturated carbocycles. The summed E-state index contributed by atoms with van der Waals surface area (Å²) < 4.78 is 0. The molecule has 0 unspecified atom stereocenters. The molecule has 2 heterocycles. The first-order valence-electron chi connectivity index (χ1n) is 7.73. The van der Waals surface area contributed by atoms with Crippen LogP contribution in [0.2, 0.25) is 0 Å². The molecule has 3 rings (SSSR count). The van der Waals surface area contributed by atoms with E-state index < -0.39 is 0 Å². The van der Waals surface area contributed by atoms with E-state index in [1.54, 1.807) is 12.4 Å². The van der Waals surface area contributed by atoms with Gasteiger partial charge in [0, 0.05) is 30.9 Å². The highest BCUT2D eigenvalue weighted by atomic mass is 16.2. The molecule has 116 valence electrons. The molecule has 4 heteroatoms. The Morgan fingerprint density at radius 2 is 1.96 bits per heavy atom. The molecule has 0 aliphatic carbocycles. The van der Waals surface area contributed by atoms with Crippen LogP contribution >= 0.6 is 0 Å². The second kappa shape index (κ2) is 6.57. The fourth-order valence-electron chi connectivity index (χ4n) is 2.63. The van der Waals surface area contributed by atoms with Crippen LogP contribution in [0.1, 0.15) is 28.5 Å². The normalized spacial score (nSPS) is 10.7. The zero-order valence-electron chi connectivity index (χ0n) is 13.4. The Balaban J connectivity index is 1.93. The molecule has 0 aliphatic heterocycles. The molecule has 0 radical (unpaired) electrons. The summed E-state index contributed by atoms with van der Waals surface area (Å²) in [4.78, 5) is 23.4. The van der Waals surface area contributed by atoms with Crippen molar-refractivity contribution in [3.05, 3.63) is 71.7 Å². The molecule has 0 spiro atoms. The Kier molecular flexibility index (Phi) is 4.33. The van der Waals surface area contributed by atoms with Gasteiger partial charge in [0.05, 0.1) is 16.8 Å². The maximum Gasteiger partial charge on any atom is 0.256 e. The van der Waals surface area contributed by atoms with Crippen molar-refractivity contribution in [1.29, 1.82) is 0 Å². The first-order chi connectivity index (χ1) is 11.2. The highest BCUT2D eigenvalue weighted by Crippen LogP contribution is 2.18. The van der Waals surface area contributed by atoms with E-state index >= 15 is 0 Å². The van der Waals surface area contributed by atoms with Crippen molar-refractivity contribution in [3.63, 3.8) is 0 Å². The van der Waals surface area contributed by atoms with Gasteiger partial charge in [-0.25, -0.2) is 0 Å². The Morgan fingerprint density at radius 3 is 2.70 bits per heavy atom. The largest absolute Gasteiger partial charge is 0.335 e. The zero-order chi connectivity index (χ0) is 16.2. The van der Waals surface area contributed by atoms with Crippen LogP contribution in [0, 0.1) is 6.92 Å². The number of carbonyl (C=O) groups is 1. The third-order valence-corrected chi connectivity index (χ3v) is 3.92. The molecule has 23 heavy (non-hydrogen) atoms. The highest BCUT2D eigenvalue weighted by Gasteiger charge is 2.18. The Morgan fingerprint density at radius 1 is 1.17 bits per heavy atom. The second-order valence-electron chi connectivity index (χ2n) is 5.49. The lowest BCUT2D eigenvalue weighted by Gasteiger charge is -2.22. The first kappa shape index (κ1) is 15.2. The van der Waals surface area contributed by atoms with Gasteiger partial charge in [0.1, 0.15) is 0 Å². The monoisotopic (exact) mass is 305 g/mol. The smallest absolute Gasteiger partial charge is 0.256 e. The topological polar surface area (TPSA) is 46.1 Å². The highest BCUT2D eigenvalue weighted by molar-refractivity contribution is 5.98. The van der Waals surface area contributed by atoms with Crippen LogP contribution in [0.4, 0.5) is 0 Å². The van der Waals surface area contributed by atoms with Gasteiger partial charge in [-0.15, -0.1) is 0 Å². The predicted molar refractivity (Wildman–Crippen MR) is 91.1 cm³/mol. The number of aromatic nitrogens is 2. The van der Waals surface area contributed by atoms with Crippen molar-refractivity contribution in [2.24, 2.45) is 0 Å². The van der Waals surface area contributed by atoms with Gasteiger partial charge in [-0.2, -0.15) is 0 Å². The van der Waals surface area contributed by atoms with Crippen molar-refractivity contribution in [2.75, 3.05) is 6.54 Å². The van der Waals surface area contributed by atoms with Gasteiger partial charge in [-0.05, 0) is 31.5 Å². The molecule has 0 saturated heterocycles. The van der Waals surface area contributed by atoms with E-state index in [9.17, 15) is 4.79 Å². The minimum Gasteiger partial charge on any atom is -0.335 e. The molecular weight excluding hydrogens is 286 g/mol. The summed E-state index contributed by atoms with van der Waals surface area (Å²) in [7, 11) is 0. The van der Waals surface area contributed by atoms with Gasteiger partial charge in [-0.1, -0.05) is 30.3 Å². The second-order valence-corrected chi connectivity index (χ2v) is 5.49. The van der Waals surface area contributed by atoms with E-state index in [4.69, 9.17) is 0 Å². The number of nitrogens with zero attached hydrogens (tertiary/aromatic N) is 3. The number of amides is 1. The van der Waals surface area contributed by atoms with Gasteiger partial charge in [0.2, 0.25) is 0 Å². The molecule has 3 aromatic rings. The van der Waals surface area contributed by atoms with E-state index in [-0.39, 0.29) is 5.91 Å². The third kappa shape index (κ3) is 3.21. The van der Waals surface area contributed by atoms with Crippen molar-refractivity contribution in [2.45, 2.75) is 20.4 Å². The van der Waals surface area contributed by atoms with Crippen molar-refractivity contribution >= 4 is 16.8 Å². The average molecular weight is 305 g/mol. The van der Waals surface area contributed by atoms with E-state index in [2.05, 4.69) is 9.97 Å². The summed E-state index contributed by atoms with van der Waals surface area (Å²) in [5, 5.41) is 0.886. The third-order valence-electron chi connectivity index (χ3n) is 3.92. The quantitative estimate of drug-likeness (QED) is 0.740. The number of benzene rings is 1. The number of pyridine rings is 2. The van der Waals surface area contributed by atoms with Crippen molar-refractivity contribution < 1.29 is 4.79 Å². The Bertz CT molecular complexity index is 830. The summed E-state index contributed by atoms with van der Waals surface area (Å²) in [6.45, 7) is 5.12. The fraction of sp³-hybridized carbons (Fsp3) is 0.211. The van der Waals surface area contributed by atoms with E-state index in [0.29, 0.717) is 18.7 Å². The predicted octanol–water partition coefficient (Wildman–Crippen LogP) is 3.60. The van der Waals surface area contributed by atoms with E-state index in [1.165, 1.54) is 0 Å². The molecule has 0 bridgehead atoms. The van der Waals surface area contributed by atoms with Crippen molar-refractivity contribution in [3.8, 4) is 0 Å². The summed E-state index contributed by atoms with van der Waals surface area (Å²) in [5.74, 6) is 0.00658. The maximum absolute atomic E-state index is 12.9. The molecule has 0 aliphatic rings. The molecule has 1 amide bonds. The number of carbonyl (C=O) groups excluding carboxylic acids is 1. The van der Waals surface area contributed by atoms with Crippen LogP contribution < -0.4 is 0 Å². The van der Waals surface area contributed by atoms with E-state index in [0.717, 1.165) is 22.2 Å². The van der Waals surface area contributed by atoms with E-state index in [1.807, 2.05) is 61.2 Å². The number of aryl methyl sites for hydroxylation is 1. The molecule has 0 atom stereocenters. The van der Waals surface area contributed by atoms with Gasteiger partial charge >= 0.3 is 0 Å². The average Bonchev–Trinajstić information content (AvgIpc) is 2.59. The molecule has 1 aromatic carbocycles. The minimum absolute atomic E-state index is 0.00658. The number of hydrogen-bond donors (Lipinski definition) is 0. The van der Waals surface area contributed by atoms with Gasteiger partial charge in [0.15, 0.2) is 0 Å². The molecule has 2 aromatic heterocycles. The maximum atomic E-state index is 12.9. The van der Waals surface area contributed by atoms with Crippen LogP contribution in [-0.4, -0.2) is 27.3 Å². The first-order valence-corrected chi connectivity index (χ1v) is 7.73. The fourth-order valence-corrected chi connectivity index (χ4v) is 2.63. The van der Waals surface area contributed by atoms with Crippen LogP contribution in [-0.2, 0) is 6.54 Å². The lowest BCUT2D eigenvalue weighted by molar-refractivity contribution is 0.0751. The minimum atomic E-state index is 0.00658. The number of rotatable bonds is 4. The standard InChI is InChI=1S/C19H19N3O/c1-3-22(13-15-7-5-4-6-8-15)19(23)17-11-16-12-20-10-9-18(16)21-14(17)2/h4-12H,3,13H2,1-2H3.